The Kier molecular flexibility index (Phi) is 6.89. The molecule has 1 unspecified atom stereocenters. The quantitative estimate of drug-likeness (QED) is 0.727. The summed E-state index contributed by atoms with van der Waals surface area (Å²) in [5, 5.41) is 2.68. The molecule has 0 aromatic carbocycles. The first-order valence-electron chi connectivity index (χ1n) is 6.98. The van der Waals surface area contributed by atoms with Crippen LogP contribution in [-0.2, 0) is 19.1 Å². The van der Waals surface area contributed by atoms with Crippen molar-refractivity contribution < 1.29 is 19.1 Å². The lowest BCUT2D eigenvalue weighted by Gasteiger charge is -2.25. The Morgan fingerprint density at radius 2 is 1.60 bits per heavy atom. The first kappa shape index (κ1) is 18.6. The molecule has 0 radical (unpaired) electrons. The van der Waals surface area contributed by atoms with Gasteiger partial charge in [-0.15, -0.1) is 0 Å². The second kappa shape index (κ2) is 7.41. The van der Waals surface area contributed by atoms with Crippen LogP contribution in [0.1, 0.15) is 54.9 Å². The Morgan fingerprint density at radius 1 is 1.10 bits per heavy atom. The molecule has 20 heavy (non-hydrogen) atoms. The fraction of sp³-hybridized carbons (Fsp3) is 0.800. The highest BCUT2D eigenvalue weighted by Crippen LogP contribution is 2.23. The van der Waals surface area contributed by atoms with Gasteiger partial charge < -0.3 is 10.1 Å². The van der Waals surface area contributed by atoms with Gasteiger partial charge in [-0.05, 0) is 40.5 Å². The molecule has 0 bridgehead atoms. The number of amides is 1. The third-order valence-electron chi connectivity index (χ3n) is 2.92. The van der Waals surface area contributed by atoms with Gasteiger partial charge in [0.2, 0.25) is 5.91 Å². The predicted molar refractivity (Wildman–Crippen MR) is 77.1 cm³/mol. The number of rotatable bonds is 7. The number of Topliss-reactive ketones (excluding diaryl/α,β-unsaturated/α-hetero) is 1. The highest BCUT2D eigenvalue weighted by Gasteiger charge is 2.34. The summed E-state index contributed by atoms with van der Waals surface area (Å²) < 4.78 is 5.13. The van der Waals surface area contributed by atoms with Crippen LogP contribution in [0.15, 0.2) is 0 Å². The molecule has 0 spiro atoms. The summed E-state index contributed by atoms with van der Waals surface area (Å²) in [7, 11) is 0. The maximum atomic E-state index is 12.0. The van der Waals surface area contributed by atoms with Gasteiger partial charge in [0.05, 0.1) is 17.6 Å². The summed E-state index contributed by atoms with van der Waals surface area (Å²) in [6, 6.07) is -0.514. The van der Waals surface area contributed by atoms with E-state index >= 15 is 0 Å². The molecule has 0 aliphatic heterocycles. The van der Waals surface area contributed by atoms with E-state index in [2.05, 4.69) is 5.32 Å². The standard InChI is InChI=1S/C15H27NO4/c1-9(2)13(11(5)17)16-12(18)8-15(6,7)14(19)20-10(3)4/h9-10,13H,8H2,1-7H3,(H,16,18). The first-order chi connectivity index (χ1) is 8.97. The number of carbonyl (C=O) groups excluding carboxylic acids is 3. The summed E-state index contributed by atoms with van der Waals surface area (Å²) in [5.74, 6) is -0.797. The molecule has 0 aliphatic rings. The number of hydrogen-bond acceptors (Lipinski definition) is 4. The number of carbonyl (C=O) groups is 3. The monoisotopic (exact) mass is 285 g/mol. The lowest BCUT2D eigenvalue weighted by Crippen LogP contribution is -2.45. The molecule has 0 heterocycles. The van der Waals surface area contributed by atoms with Crippen LogP contribution < -0.4 is 5.32 Å². The Morgan fingerprint density at radius 3 is 1.95 bits per heavy atom. The van der Waals surface area contributed by atoms with E-state index in [1.807, 2.05) is 13.8 Å². The Labute approximate surface area is 121 Å². The normalized spacial score (nSPS) is 13.2. The molecular formula is C15H27NO4. The van der Waals surface area contributed by atoms with Crippen LogP contribution in [0.3, 0.4) is 0 Å². The molecule has 5 nitrogen and oxygen atoms in total. The van der Waals surface area contributed by atoms with E-state index in [1.165, 1.54) is 6.92 Å². The van der Waals surface area contributed by atoms with E-state index in [1.54, 1.807) is 27.7 Å². The minimum Gasteiger partial charge on any atom is -0.463 e. The molecule has 0 fully saturated rings. The molecule has 0 aromatic rings. The van der Waals surface area contributed by atoms with E-state index in [0.29, 0.717) is 0 Å². The second-order valence-corrected chi connectivity index (χ2v) is 6.41. The summed E-state index contributed by atoms with van der Waals surface area (Å²) >= 11 is 0. The smallest absolute Gasteiger partial charge is 0.312 e. The van der Waals surface area contributed by atoms with Crippen LogP contribution in [0.25, 0.3) is 0 Å². The number of ketones is 1. The van der Waals surface area contributed by atoms with Crippen molar-refractivity contribution in [1.29, 1.82) is 0 Å². The van der Waals surface area contributed by atoms with Gasteiger partial charge in [0, 0.05) is 6.42 Å². The van der Waals surface area contributed by atoms with Gasteiger partial charge in [0.15, 0.2) is 5.78 Å². The molecule has 0 aliphatic carbocycles. The third-order valence-corrected chi connectivity index (χ3v) is 2.92. The van der Waals surface area contributed by atoms with Gasteiger partial charge in [-0.1, -0.05) is 13.8 Å². The van der Waals surface area contributed by atoms with Gasteiger partial charge >= 0.3 is 5.97 Å². The fourth-order valence-electron chi connectivity index (χ4n) is 1.81. The van der Waals surface area contributed by atoms with Crippen molar-refractivity contribution in [2.24, 2.45) is 11.3 Å². The highest BCUT2D eigenvalue weighted by atomic mass is 16.5. The van der Waals surface area contributed by atoms with Crippen LogP contribution >= 0.6 is 0 Å². The molecular weight excluding hydrogens is 258 g/mol. The minimum absolute atomic E-state index is 0.00491. The van der Waals surface area contributed by atoms with E-state index in [9.17, 15) is 14.4 Å². The fourth-order valence-corrected chi connectivity index (χ4v) is 1.81. The predicted octanol–water partition coefficient (Wildman–Crippen LogP) is 2.08. The maximum Gasteiger partial charge on any atom is 0.312 e. The number of esters is 1. The highest BCUT2D eigenvalue weighted by molar-refractivity contribution is 5.90. The van der Waals surface area contributed by atoms with E-state index < -0.39 is 17.4 Å². The topological polar surface area (TPSA) is 72.5 Å². The summed E-state index contributed by atoms with van der Waals surface area (Å²) in [4.78, 5) is 35.4. The summed E-state index contributed by atoms with van der Waals surface area (Å²) in [6.45, 7) is 12.0. The van der Waals surface area contributed by atoms with Gasteiger partial charge in [-0.2, -0.15) is 0 Å². The van der Waals surface area contributed by atoms with Crippen molar-refractivity contribution in [3.05, 3.63) is 0 Å². The molecule has 1 atom stereocenters. The lowest BCUT2D eigenvalue weighted by atomic mass is 9.88. The first-order valence-corrected chi connectivity index (χ1v) is 6.98. The van der Waals surface area contributed by atoms with E-state index in [0.717, 1.165) is 0 Å². The Balaban J connectivity index is 4.66. The van der Waals surface area contributed by atoms with Gasteiger partial charge in [-0.25, -0.2) is 0 Å². The van der Waals surface area contributed by atoms with Crippen molar-refractivity contribution in [1.82, 2.24) is 5.32 Å². The van der Waals surface area contributed by atoms with Crippen molar-refractivity contribution in [2.75, 3.05) is 0 Å². The molecule has 0 saturated heterocycles. The molecule has 0 saturated carbocycles. The number of ether oxygens (including phenoxy) is 1. The zero-order valence-corrected chi connectivity index (χ0v) is 13.6. The minimum atomic E-state index is -0.910. The van der Waals surface area contributed by atoms with Crippen molar-refractivity contribution in [3.63, 3.8) is 0 Å². The maximum absolute atomic E-state index is 12.0. The van der Waals surface area contributed by atoms with Crippen LogP contribution in [0.5, 0.6) is 0 Å². The van der Waals surface area contributed by atoms with Crippen molar-refractivity contribution in [2.45, 2.75) is 67.0 Å². The van der Waals surface area contributed by atoms with Crippen LogP contribution in [-0.4, -0.2) is 29.8 Å². The summed E-state index contributed by atoms with van der Waals surface area (Å²) in [5.41, 5.74) is -0.910. The largest absolute Gasteiger partial charge is 0.463 e. The lowest BCUT2D eigenvalue weighted by molar-refractivity contribution is -0.159. The molecule has 1 amide bonds. The van der Waals surface area contributed by atoms with Crippen molar-refractivity contribution >= 4 is 17.7 Å². The Hall–Kier alpha value is -1.39. The zero-order chi connectivity index (χ0) is 16.1. The number of hydrogen-bond donors (Lipinski definition) is 1. The van der Waals surface area contributed by atoms with Crippen LogP contribution in [0, 0.1) is 11.3 Å². The van der Waals surface area contributed by atoms with Gasteiger partial charge in [0.25, 0.3) is 0 Å². The molecule has 116 valence electrons. The Bertz CT molecular complexity index is 372. The zero-order valence-electron chi connectivity index (χ0n) is 13.6. The second-order valence-electron chi connectivity index (χ2n) is 6.41. The third kappa shape index (κ3) is 6.17. The average Bonchev–Trinajstić information content (AvgIpc) is 2.23. The van der Waals surface area contributed by atoms with Gasteiger partial charge in [-0.3, -0.25) is 14.4 Å². The molecule has 1 N–H and O–H groups in total. The molecule has 5 heteroatoms. The molecule has 0 aromatic heterocycles. The van der Waals surface area contributed by atoms with Crippen molar-refractivity contribution in [3.8, 4) is 0 Å². The van der Waals surface area contributed by atoms with Gasteiger partial charge in [0.1, 0.15) is 0 Å². The van der Waals surface area contributed by atoms with E-state index in [4.69, 9.17) is 4.74 Å². The molecule has 0 rings (SSSR count). The average molecular weight is 285 g/mol. The van der Waals surface area contributed by atoms with Crippen LogP contribution in [0.2, 0.25) is 0 Å². The van der Waals surface area contributed by atoms with E-state index in [-0.39, 0.29) is 30.1 Å². The summed E-state index contributed by atoms with van der Waals surface area (Å²) in [6.07, 6.45) is -0.222. The SMILES string of the molecule is CC(=O)C(NC(=O)CC(C)(C)C(=O)OC(C)C)C(C)C. The van der Waals surface area contributed by atoms with Crippen LogP contribution in [0.4, 0.5) is 0 Å². The number of nitrogens with one attached hydrogen (secondary N) is 1.